The van der Waals surface area contributed by atoms with Crippen LogP contribution in [0.5, 0.6) is 0 Å². The predicted octanol–water partition coefficient (Wildman–Crippen LogP) is 3.76. The fraction of sp³-hybridized carbons (Fsp3) is 0.321. The zero-order valence-corrected chi connectivity index (χ0v) is 19.8. The molecule has 2 aliphatic heterocycles. The lowest BCUT2D eigenvalue weighted by Crippen LogP contribution is -2.44. The van der Waals surface area contributed by atoms with E-state index in [9.17, 15) is 24.6 Å². The molecule has 0 radical (unpaired) electrons. The molecule has 3 heterocycles. The largest absolute Gasteiger partial charge is 0.465 e. The normalized spacial score (nSPS) is 21.7. The van der Waals surface area contributed by atoms with Gasteiger partial charge in [0.2, 0.25) is 5.91 Å². The summed E-state index contributed by atoms with van der Waals surface area (Å²) >= 11 is 0. The van der Waals surface area contributed by atoms with Crippen molar-refractivity contribution >= 4 is 17.7 Å². The van der Waals surface area contributed by atoms with Gasteiger partial charge in [-0.1, -0.05) is 48.5 Å². The van der Waals surface area contributed by atoms with Gasteiger partial charge in [-0.25, -0.2) is 4.79 Å². The summed E-state index contributed by atoms with van der Waals surface area (Å²) < 4.78 is 1.56. The van der Waals surface area contributed by atoms with Gasteiger partial charge in [-0.15, -0.1) is 0 Å². The van der Waals surface area contributed by atoms with Crippen LogP contribution >= 0.6 is 0 Å². The number of amides is 2. The van der Waals surface area contributed by atoms with Crippen molar-refractivity contribution in [3.63, 3.8) is 0 Å². The lowest BCUT2D eigenvalue weighted by Gasteiger charge is -2.31. The summed E-state index contributed by atoms with van der Waals surface area (Å²) in [6, 6.07) is 20.3. The molecule has 3 N–H and O–H groups in total. The third-order valence-electron chi connectivity index (χ3n) is 7.33. The van der Waals surface area contributed by atoms with Crippen LogP contribution in [-0.4, -0.2) is 43.8 Å². The van der Waals surface area contributed by atoms with E-state index in [1.54, 1.807) is 22.8 Å². The summed E-state index contributed by atoms with van der Waals surface area (Å²) in [5, 5.41) is 23.7. The first-order valence-corrected chi connectivity index (χ1v) is 12.3. The number of likely N-dealkylation sites (tertiary alicyclic amines) is 1. The number of anilines is 1. The lowest BCUT2D eigenvalue weighted by molar-refractivity contribution is -0.119. The Hall–Kier alpha value is -3.91. The molecule has 2 amide bonds. The smallest absolute Gasteiger partial charge is 0.407 e. The van der Waals surface area contributed by atoms with Crippen molar-refractivity contribution in [1.82, 2.24) is 9.47 Å². The van der Waals surface area contributed by atoms with Crippen LogP contribution in [-0.2, 0) is 17.6 Å². The third kappa shape index (κ3) is 4.64. The summed E-state index contributed by atoms with van der Waals surface area (Å²) in [5.41, 5.74) is 2.98. The molecule has 0 aliphatic carbocycles. The third-order valence-corrected chi connectivity index (χ3v) is 7.33. The zero-order chi connectivity index (χ0) is 25.2. The average molecular weight is 488 g/mol. The minimum absolute atomic E-state index is 0.171. The fourth-order valence-electron chi connectivity index (χ4n) is 5.58. The summed E-state index contributed by atoms with van der Waals surface area (Å²) in [6.07, 6.45) is 1.13. The van der Waals surface area contributed by atoms with Gasteiger partial charge in [0.15, 0.2) is 0 Å². The number of carbonyl (C=O) groups is 2. The second-order valence-corrected chi connectivity index (χ2v) is 9.51. The molecule has 5 rings (SSSR count). The Morgan fingerprint density at radius 1 is 0.944 bits per heavy atom. The van der Waals surface area contributed by atoms with Gasteiger partial charge in [-0.05, 0) is 61.4 Å². The molecule has 8 heteroatoms. The molecule has 2 aromatic carbocycles. The summed E-state index contributed by atoms with van der Waals surface area (Å²) in [5.74, 6) is -0.222. The van der Waals surface area contributed by atoms with Crippen LogP contribution in [0.1, 0.15) is 48.2 Å². The number of rotatable bonds is 6. The highest BCUT2D eigenvalue weighted by Crippen LogP contribution is 2.35. The number of aliphatic hydroxyl groups is 1. The Morgan fingerprint density at radius 2 is 1.69 bits per heavy atom. The molecule has 1 aromatic heterocycles. The van der Waals surface area contributed by atoms with Crippen LogP contribution in [0.25, 0.3) is 0 Å². The van der Waals surface area contributed by atoms with E-state index in [-0.39, 0.29) is 17.5 Å². The number of carboxylic acid groups (broad SMARTS) is 1. The van der Waals surface area contributed by atoms with Crippen molar-refractivity contribution in [1.29, 1.82) is 0 Å². The number of hydrogen-bond acceptors (Lipinski definition) is 4. The number of aryl methyl sites for hydroxylation is 1. The van der Waals surface area contributed by atoms with E-state index in [0.29, 0.717) is 43.4 Å². The van der Waals surface area contributed by atoms with Gasteiger partial charge >= 0.3 is 6.09 Å². The minimum atomic E-state index is -1.03. The Balaban J connectivity index is 1.24. The van der Waals surface area contributed by atoms with Gasteiger partial charge in [0.25, 0.3) is 5.56 Å². The van der Waals surface area contributed by atoms with E-state index in [4.69, 9.17) is 0 Å². The standard InChI is InChI=1S/C28H29N3O5/c32-25-8-4-7-21-13-16-24(30(21)25)27(34)29-20-11-9-18(10-12-20)17-22-14-15-23(31(22)28(35)36)26(33)19-5-2-1-3-6-19/h1-12,22-24,26,33H,13-17H2,(H,29,34)(H,35,36)/t22-,23+,24-,26+/m0/s1. The summed E-state index contributed by atoms with van der Waals surface area (Å²) in [7, 11) is 0. The van der Waals surface area contributed by atoms with Crippen molar-refractivity contribution in [2.45, 2.75) is 56.3 Å². The van der Waals surface area contributed by atoms with Gasteiger partial charge in [-0.3, -0.25) is 14.5 Å². The molecule has 0 bridgehead atoms. The summed E-state index contributed by atoms with van der Waals surface area (Å²) in [6.45, 7) is 0. The van der Waals surface area contributed by atoms with Crippen LogP contribution in [0.2, 0.25) is 0 Å². The first kappa shape index (κ1) is 23.8. The summed E-state index contributed by atoms with van der Waals surface area (Å²) in [4.78, 5) is 38.6. The van der Waals surface area contributed by atoms with E-state index < -0.39 is 24.3 Å². The molecule has 36 heavy (non-hydrogen) atoms. The Bertz CT molecular complexity index is 1300. The topological polar surface area (TPSA) is 112 Å². The lowest BCUT2D eigenvalue weighted by atomic mass is 10.0. The van der Waals surface area contributed by atoms with E-state index in [1.807, 2.05) is 48.5 Å². The van der Waals surface area contributed by atoms with E-state index in [1.165, 1.54) is 11.0 Å². The molecule has 2 aliphatic rings. The van der Waals surface area contributed by atoms with Crippen LogP contribution in [0.4, 0.5) is 10.5 Å². The molecule has 3 aromatic rings. The number of aromatic nitrogens is 1. The number of benzene rings is 2. The maximum Gasteiger partial charge on any atom is 0.407 e. The van der Waals surface area contributed by atoms with Crippen LogP contribution in [0.3, 0.4) is 0 Å². The Kier molecular flexibility index (Phi) is 6.61. The maximum atomic E-state index is 12.9. The molecular weight excluding hydrogens is 458 g/mol. The van der Waals surface area contributed by atoms with E-state index in [2.05, 4.69) is 5.32 Å². The Labute approximate surface area is 208 Å². The second-order valence-electron chi connectivity index (χ2n) is 9.51. The number of carbonyl (C=O) groups excluding carboxylic acids is 1. The highest BCUT2D eigenvalue weighted by molar-refractivity contribution is 5.94. The SMILES string of the molecule is O=C(Nc1ccc(C[C@@H]2CC[C@H]([C@H](O)c3ccccc3)N2C(=O)O)cc1)[C@@H]1CCc2cccc(=O)n21. The number of nitrogens with one attached hydrogen (secondary N) is 1. The molecule has 0 unspecified atom stereocenters. The van der Waals surface area contributed by atoms with Crippen molar-refractivity contribution in [3.8, 4) is 0 Å². The molecule has 8 nitrogen and oxygen atoms in total. The van der Waals surface area contributed by atoms with Gasteiger partial charge in [0.05, 0.1) is 12.1 Å². The second kappa shape index (κ2) is 9.99. The average Bonchev–Trinajstić information content (AvgIpc) is 3.51. The van der Waals surface area contributed by atoms with Crippen molar-refractivity contribution in [2.75, 3.05) is 5.32 Å². The van der Waals surface area contributed by atoms with Gasteiger partial charge in [-0.2, -0.15) is 0 Å². The number of pyridine rings is 1. The monoisotopic (exact) mass is 487 g/mol. The highest BCUT2D eigenvalue weighted by Gasteiger charge is 2.41. The molecule has 0 spiro atoms. The van der Waals surface area contributed by atoms with Gasteiger partial charge in [0, 0.05) is 23.5 Å². The number of aliphatic hydroxyl groups excluding tert-OH is 1. The number of nitrogens with zero attached hydrogens (tertiary/aromatic N) is 2. The number of hydrogen-bond donors (Lipinski definition) is 3. The fourth-order valence-corrected chi connectivity index (χ4v) is 5.58. The quantitative estimate of drug-likeness (QED) is 0.490. The van der Waals surface area contributed by atoms with Crippen molar-refractivity contribution in [2.24, 2.45) is 0 Å². The molecule has 1 saturated heterocycles. The minimum Gasteiger partial charge on any atom is -0.465 e. The van der Waals surface area contributed by atoms with Crippen LogP contribution < -0.4 is 10.9 Å². The van der Waals surface area contributed by atoms with Crippen molar-refractivity contribution in [3.05, 3.63) is 100.0 Å². The molecule has 4 atom stereocenters. The van der Waals surface area contributed by atoms with E-state index >= 15 is 0 Å². The van der Waals surface area contributed by atoms with Crippen LogP contribution in [0.15, 0.2) is 77.6 Å². The van der Waals surface area contributed by atoms with Crippen LogP contribution in [0, 0.1) is 0 Å². The van der Waals surface area contributed by atoms with E-state index in [0.717, 1.165) is 11.3 Å². The van der Waals surface area contributed by atoms with Gasteiger partial charge in [0.1, 0.15) is 6.04 Å². The first-order chi connectivity index (χ1) is 17.4. The van der Waals surface area contributed by atoms with Crippen molar-refractivity contribution < 1.29 is 19.8 Å². The molecule has 0 saturated carbocycles. The molecular formula is C28H29N3O5. The first-order valence-electron chi connectivity index (χ1n) is 12.3. The number of fused-ring (bicyclic) bond motifs is 1. The predicted molar refractivity (Wildman–Crippen MR) is 135 cm³/mol. The maximum absolute atomic E-state index is 12.9. The molecule has 186 valence electrons. The highest BCUT2D eigenvalue weighted by atomic mass is 16.4. The molecule has 1 fully saturated rings. The van der Waals surface area contributed by atoms with Gasteiger partial charge < -0.3 is 20.1 Å². The Morgan fingerprint density at radius 3 is 2.42 bits per heavy atom. The zero-order valence-electron chi connectivity index (χ0n) is 19.8.